The topological polar surface area (TPSA) is 56.5 Å². The number of rotatable bonds is 9. The Labute approximate surface area is 74.4 Å². The van der Waals surface area contributed by atoms with Crippen LogP contribution in [-0.2, 0) is 9.47 Å². The Morgan fingerprint density at radius 1 is 1.17 bits per heavy atom. The molecular weight excluding hydrogens is 156 g/mol. The second kappa shape index (κ2) is 10.8. The number of ether oxygens (including phenoxy) is 2. The Morgan fingerprint density at radius 2 is 2.00 bits per heavy atom. The van der Waals surface area contributed by atoms with Crippen LogP contribution in [0, 0.1) is 0 Å². The zero-order valence-electron chi connectivity index (χ0n) is 7.84. The fourth-order valence-corrected chi connectivity index (χ4v) is 0.771. The highest BCUT2D eigenvalue weighted by Crippen LogP contribution is 1.80. The average molecular weight is 176 g/mol. The Bertz CT molecular complexity index is 71.5. The first-order valence-corrected chi connectivity index (χ1v) is 4.39. The van der Waals surface area contributed by atoms with Gasteiger partial charge in [-0.05, 0) is 13.0 Å². The van der Waals surface area contributed by atoms with Crippen molar-refractivity contribution in [2.75, 3.05) is 46.6 Å². The van der Waals surface area contributed by atoms with Crippen molar-refractivity contribution in [3.63, 3.8) is 0 Å². The average Bonchev–Trinajstić information content (AvgIpc) is 2.10. The van der Waals surface area contributed by atoms with Crippen LogP contribution in [-0.4, -0.2) is 46.6 Å². The van der Waals surface area contributed by atoms with Crippen molar-refractivity contribution < 1.29 is 9.47 Å². The van der Waals surface area contributed by atoms with Gasteiger partial charge in [0.1, 0.15) is 0 Å². The summed E-state index contributed by atoms with van der Waals surface area (Å²) in [4.78, 5) is 0. The summed E-state index contributed by atoms with van der Waals surface area (Å²) >= 11 is 0. The maximum absolute atomic E-state index is 5.30. The summed E-state index contributed by atoms with van der Waals surface area (Å²) in [6.07, 6.45) is 1.03. The normalized spacial score (nSPS) is 10.5. The molecule has 0 aliphatic rings. The summed E-state index contributed by atoms with van der Waals surface area (Å²) in [5.41, 5.74) is 5.30. The van der Waals surface area contributed by atoms with Crippen molar-refractivity contribution in [3.8, 4) is 0 Å². The SMILES string of the molecule is COCCOCCCNCCN. The molecule has 0 saturated carbocycles. The van der Waals surface area contributed by atoms with E-state index in [9.17, 15) is 0 Å². The van der Waals surface area contributed by atoms with Gasteiger partial charge in [-0.3, -0.25) is 0 Å². The summed E-state index contributed by atoms with van der Waals surface area (Å²) in [5.74, 6) is 0. The lowest BCUT2D eigenvalue weighted by Gasteiger charge is -2.04. The van der Waals surface area contributed by atoms with Crippen LogP contribution in [0.4, 0.5) is 0 Å². The van der Waals surface area contributed by atoms with E-state index in [1.54, 1.807) is 7.11 Å². The molecule has 0 aliphatic carbocycles. The molecule has 0 aromatic rings. The predicted octanol–water partition coefficient (Wildman–Crippen LogP) is -0.412. The third kappa shape index (κ3) is 9.84. The molecule has 0 heterocycles. The summed E-state index contributed by atoms with van der Waals surface area (Å²) in [6.45, 7) is 4.72. The molecule has 0 aliphatic heterocycles. The van der Waals surface area contributed by atoms with E-state index in [0.29, 0.717) is 19.8 Å². The first-order chi connectivity index (χ1) is 5.91. The van der Waals surface area contributed by atoms with Crippen LogP contribution in [0.2, 0.25) is 0 Å². The Balaban J connectivity index is 2.73. The molecule has 0 atom stereocenters. The molecule has 0 fully saturated rings. The highest BCUT2D eigenvalue weighted by atomic mass is 16.5. The zero-order valence-corrected chi connectivity index (χ0v) is 7.84. The molecule has 0 saturated heterocycles. The van der Waals surface area contributed by atoms with Gasteiger partial charge >= 0.3 is 0 Å². The highest BCUT2D eigenvalue weighted by molar-refractivity contribution is 4.46. The standard InChI is InChI=1S/C8H20N2O2/c1-11-7-8-12-6-2-4-10-5-3-9/h10H,2-9H2,1H3. The van der Waals surface area contributed by atoms with E-state index in [1.165, 1.54) is 0 Å². The van der Waals surface area contributed by atoms with E-state index in [4.69, 9.17) is 15.2 Å². The van der Waals surface area contributed by atoms with Gasteiger partial charge < -0.3 is 20.5 Å². The molecule has 4 heteroatoms. The third-order valence-corrected chi connectivity index (χ3v) is 1.40. The largest absolute Gasteiger partial charge is 0.382 e. The fraction of sp³-hybridized carbons (Fsp3) is 1.00. The molecule has 74 valence electrons. The van der Waals surface area contributed by atoms with E-state index < -0.39 is 0 Å². The van der Waals surface area contributed by atoms with Gasteiger partial charge in [-0.2, -0.15) is 0 Å². The van der Waals surface area contributed by atoms with Crippen LogP contribution in [0.5, 0.6) is 0 Å². The monoisotopic (exact) mass is 176 g/mol. The lowest BCUT2D eigenvalue weighted by molar-refractivity contribution is 0.0695. The van der Waals surface area contributed by atoms with Crippen molar-refractivity contribution in [1.82, 2.24) is 5.32 Å². The van der Waals surface area contributed by atoms with E-state index in [0.717, 1.165) is 26.1 Å². The van der Waals surface area contributed by atoms with Gasteiger partial charge in [0.15, 0.2) is 0 Å². The van der Waals surface area contributed by atoms with E-state index >= 15 is 0 Å². The molecule has 3 N–H and O–H groups in total. The zero-order chi connectivity index (χ0) is 9.07. The summed E-state index contributed by atoms with van der Waals surface area (Å²) in [6, 6.07) is 0. The van der Waals surface area contributed by atoms with Crippen molar-refractivity contribution in [2.45, 2.75) is 6.42 Å². The van der Waals surface area contributed by atoms with E-state index in [-0.39, 0.29) is 0 Å². The summed E-state index contributed by atoms with van der Waals surface area (Å²) in [7, 11) is 1.67. The molecule has 0 unspecified atom stereocenters. The van der Waals surface area contributed by atoms with Gasteiger partial charge in [-0.15, -0.1) is 0 Å². The molecule has 0 bridgehead atoms. The number of methoxy groups -OCH3 is 1. The third-order valence-electron chi connectivity index (χ3n) is 1.40. The van der Waals surface area contributed by atoms with Gasteiger partial charge in [-0.1, -0.05) is 0 Å². The second-order valence-electron chi connectivity index (χ2n) is 2.50. The summed E-state index contributed by atoms with van der Waals surface area (Å²) in [5, 5.41) is 3.19. The summed E-state index contributed by atoms with van der Waals surface area (Å²) < 4.78 is 10.1. The number of nitrogens with two attached hydrogens (primary N) is 1. The predicted molar refractivity (Wildman–Crippen MR) is 49.2 cm³/mol. The molecule has 0 rings (SSSR count). The maximum Gasteiger partial charge on any atom is 0.0700 e. The first kappa shape index (κ1) is 11.8. The Hall–Kier alpha value is -0.160. The van der Waals surface area contributed by atoms with Crippen molar-refractivity contribution in [3.05, 3.63) is 0 Å². The fourth-order valence-electron chi connectivity index (χ4n) is 0.771. The van der Waals surface area contributed by atoms with Gasteiger partial charge in [0.2, 0.25) is 0 Å². The quantitative estimate of drug-likeness (QED) is 0.469. The van der Waals surface area contributed by atoms with Gasteiger partial charge in [0.25, 0.3) is 0 Å². The van der Waals surface area contributed by atoms with Gasteiger partial charge in [0.05, 0.1) is 13.2 Å². The lowest BCUT2D eigenvalue weighted by atomic mass is 10.4. The van der Waals surface area contributed by atoms with E-state index in [2.05, 4.69) is 5.32 Å². The van der Waals surface area contributed by atoms with Crippen LogP contribution in [0.3, 0.4) is 0 Å². The molecule has 12 heavy (non-hydrogen) atoms. The first-order valence-electron chi connectivity index (χ1n) is 4.39. The lowest BCUT2D eigenvalue weighted by Crippen LogP contribution is -2.24. The number of hydrogen-bond acceptors (Lipinski definition) is 4. The maximum atomic E-state index is 5.30. The van der Waals surface area contributed by atoms with Crippen molar-refractivity contribution >= 4 is 0 Å². The van der Waals surface area contributed by atoms with Crippen LogP contribution in [0.25, 0.3) is 0 Å². The minimum absolute atomic E-state index is 0.677. The van der Waals surface area contributed by atoms with Gasteiger partial charge in [0, 0.05) is 26.8 Å². The van der Waals surface area contributed by atoms with E-state index in [1.807, 2.05) is 0 Å². The second-order valence-corrected chi connectivity index (χ2v) is 2.50. The Morgan fingerprint density at radius 3 is 2.67 bits per heavy atom. The molecule has 0 spiro atoms. The minimum Gasteiger partial charge on any atom is -0.382 e. The van der Waals surface area contributed by atoms with Crippen molar-refractivity contribution in [2.24, 2.45) is 5.73 Å². The highest BCUT2D eigenvalue weighted by Gasteiger charge is 1.88. The van der Waals surface area contributed by atoms with Crippen molar-refractivity contribution in [1.29, 1.82) is 0 Å². The molecule has 4 nitrogen and oxygen atoms in total. The van der Waals surface area contributed by atoms with Crippen LogP contribution in [0.1, 0.15) is 6.42 Å². The number of nitrogens with one attached hydrogen (secondary N) is 1. The number of hydrogen-bond donors (Lipinski definition) is 2. The van der Waals surface area contributed by atoms with Crippen LogP contribution >= 0.6 is 0 Å². The molecule has 0 aromatic carbocycles. The van der Waals surface area contributed by atoms with Crippen LogP contribution < -0.4 is 11.1 Å². The molecule has 0 radical (unpaired) electrons. The molecule has 0 aromatic heterocycles. The Kier molecular flexibility index (Phi) is 10.7. The minimum atomic E-state index is 0.677. The molecular formula is C8H20N2O2. The van der Waals surface area contributed by atoms with Gasteiger partial charge in [-0.25, -0.2) is 0 Å². The van der Waals surface area contributed by atoms with Crippen LogP contribution in [0.15, 0.2) is 0 Å². The molecule has 0 amide bonds. The smallest absolute Gasteiger partial charge is 0.0700 e.